The Bertz CT molecular complexity index is 649. The highest BCUT2D eigenvalue weighted by Gasteiger charge is 2.08. The Kier molecular flexibility index (Phi) is 3.09. The predicted molar refractivity (Wildman–Crippen MR) is 63.1 cm³/mol. The molecular weight excluding hydrogens is 236 g/mol. The van der Waals surface area contributed by atoms with Crippen molar-refractivity contribution in [3.63, 3.8) is 0 Å². The summed E-state index contributed by atoms with van der Waals surface area (Å²) in [6.45, 7) is 1.77. The predicted octanol–water partition coefficient (Wildman–Crippen LogP) is 1.57. The third-order valence-electron chi connectivity index (χ3n) is 2.30. The molecule has 0 aliphatic rings. The maximum Gasteiger partial charge on any atom is 0.335 e. The van der Waals surface area contributed by atoms with Gasteiger partial charge in [-0.3, -0.25) is 4.79 Å². The van der Waals surface area contributed by atoms with Crippen molar-refractivity contribution in [2.45, 2.75) is 6.92 Å². The fraction of sp³-hybridized carbons (Fsp3) is 0.0833. The van der Waals surface area contributed by atoms with Gasteiger partial charge in [-0.1, -0.05) is 6.07 Å². The topological polar surface area (TPSA) is 92.3 Å². The average molecular weight is 246 g/mol. The zero-order valence-electron chi connectivity index (χ0n) is 9.51. The summed E-state index contributed by atoms with van der Waals surface area (Å²) >= 11 is 0. The molecule has 0 saturated carbocycles. The van der Waals surface area contributed by atoms with Crippen LogP contribution in [-0.4, -0.2) is 21.0 Å². The van der Waals surface area contributed by atoms with E-state index in [2.05, 4.69) is 9.97 Å². The number of aryl methyl sites for hydroxylation is 1. The number of benzene rings is 1. The molecule has 6 nitrogen and oxygen atoms in total. The van der Waals surface area contributed by atoms with Crippen LogP contribution in [0, 0.1) is 6.92 Å². The maximum absolute atomic E-state index is 11.1. The van der Waals surface area contributed by atoms with Crippen LogP contribution in [0.25, 0.3) is 0 Å². The van der Waals surface area contributed by atoms with Gasteiger partial charge in [0.1, 0.15) is 5.75 Å². The van der Waals surface area contributed by atoms with Crippen LogP contribution in [0.2, 0.25) is 0 Å². The summed E-state index contributed by atoms with van der Waals surface area (Å²) in [7, 11) is 0. The van der Waals surface area contributed by atoms with Gasteiger partial charge in [0.2, 0.25) is 5.88 Å². The maximum atomic E-state index is 11.1. The lowest BCUT2D eigenvalue weighted by Gasteiger charge is -2.07. The number of nitrogens with one attached hydrogen (secondary N) is 1. The minimum atomic E-state index is -1.04. The van der Waals surface area contributed by atoms with Gasteiger partial charge in [-0.15, -0.1) is 0 Å². The fourth-order valence-electron chi connectivity index (χ4n) is 1.36. The number of aromatic amines is 1. The summed E-state index contributed by atoms with van der Waals surface area (Å²) in [5, 5.41) is 8.88. The van der Waals surface area contributed by atoms with Gasteiger partial charge in [-0.25, -0.2) is 9.78 Å². The normalized spacial score (nSPS) is 10.1. The highest BCUT2D eigenvalue weighted by Crippen LogP contribution is 2.23. The summed E-state index contributed by atoms with van der Waals surface area (Å²) in [6, 6.07) is 5.69. The second kappa shape index (κ2) is 4.70. The summed E-state index contributed by atoms with van der Waals surface area (Å²) in [5.41, 5.74) is 0.523. The smallest absolute Gasteiger partial charge is 0.335 e. The molecule has 2 N–H and O–H groups in total. The first-order chi connectivity index (χ1) is 8.56. The third-order valence-corrected chi connectivity index (χ3v) is 2.30. The first-order valence-electron chi connectivity index (χ1n) is 5.13. The van der Waals surface area contributed by atoms with E-state index < -0.39 is 5.97 Å². The molecule has 0 unspecified atom stereocenters. The Hall–Kier alpha value is -2.63. The van der Waals surface area contributed by atoms with Gasteiger partial charge < -0.3 is 14.8 Å². The van der Waals surface area contributed by atoms with Gasteiger partial charge in [-0.05, 0) is 24.6 Å². The van der Waals surface area contributed by atoms with E-state index in [1.807, 2.05) is 0 Å². The highest BCUT2D eigenvalue weighted by atomic mass is 16.5. The van der Waals surface area contributed by atoms with Crippen molar-refractivity contribution in [3.05, 3.63) is 52.1 Å². The fourth-order valence-corrected chi connectivity index (χ4v) is 1.36. The lowest BCUT2D eigenvalue weighted by atomic mass is 10.1. The Morgan fingerprint density at radius 1 is 1.39 bits per heavy atom. The number of carboxylic acids is 1. The number of carboxylic acid groups (broad SMARTS) is 1. The van der Waals surface area contributed by atoms with Gasteiger partial charge in [-0.2, -0.15) is 0 Å². The van der Waals surface area contributed by atoms with Crippen LogP contribution in [0.4, 0.5) is 0 Å². The Balaban J connectivity index is 2.36. The molecule has 0 amide bonds. The molecule has 0 aliphatic carbocycles. The molecule has 1 aromatic heterocycles. The number of aromatic carboxylic acids is 1. The van der Waals surface area contributed by atoms with E-state index in [-0.39, 0.29) is 17.0 Å². The van der Waals surface area contributed by atoms with Crippen molar-refractivity contribution >= 4 is 5.97 Å². The van der Waals surface area contributed by atoms with Crippen molar-refractivity contribution in [2.75, 3.05) is 0 Å². The van der Waals surface area contributed by atoms with Crippen LogP contribution in [0.15, 0.2) is 35.4 Å². The van der Waals surface area contributed by atoms with E-state index in [0.717, 1.165) is 5.56 Å². The van der Waals surface area contributed by atoms with Gasteiger partial charge in [0.05, 0.1) is 18.0 Å². The number of hydrogen-bond acceptors (Lipinski definition) is 4. The SMILES string of the molecule is Cc1ccc(C(=O)O)cc1Oc1cc(=O)[nH]cn1. The first-order valence-corrected chi connectivity index (χ1v) is 5.13. The number of aromatic nitrogens is 2. The Labute approximate surface area is 102 Å². The monoisotopic (exact) mass is 246 g/mol. The van der Waals surface area contributed by atoms with Crippen molar-refractivity contribution in [2.24, 2.45) is 0 Å². The second-order valence-electron chi connectivity index (χ2n) is 3.64. The number of carbonyl (C=O) groups is 1. The van der Waals surface area contributed by atoms with Crippen molar-refractivity contribution in [1.29, 1.82) is 0 Å². The number of hydrogen-bond donors (Lipinski definition) is 2. The van der Waals surface area contributed by atoms with Crippen LogP contribution < -0.4 is 10.3 Å². The zero-order valence-corrected chi connectivity index (χ0v) is 9.51. The first kappa shape index (κ1) is 11.8. The van der Waals surface area contributed by atoms with E-state index in [9.17, 15) is 9.59 Å². The molecule has 2 aromatic rings. The number of H-pyrrole nitrogens is 1. The van der Waals surface area contributed by atoms with Gasteiger partial charge in [0.15, 0.2) is 0 Å². The van der Waals surface area contributed by atoms with Crippen molar-refractivity contribution in [3.8, 4) is 11.6 Å². The third kappa shape index (κ3) is 2.54. The van der Waals surface area contributed by atoms with Gasteiger partial charge in [0, 0.05) is 0 Å². The van der Waals surface area contributed by atoms with Crippen molar-refractivity contribution in [1.82, 2.24) is 9.97 Å². The largest absolute Gasteiger partial charge is 0.478 e. The molecule has 0 saturated heterocycles. The molecule has 6 heteroatoms. The molecule has 1 heterocycles. The number of nitrogens with zero attached hydrogens (tertiary/aromatic N) is 1. The molecule has 0 radical (unpaired) electrons. The van der Waals surface area contributed by atoms with Gasteiger partial charge >= 0.3 is 5.97 Å². The van der Waals surface area contributed by atoms with E-state index in [4.69, 9.17) is 9.84 Å². The van der Waals surface area contributed by atoms with Crippen LogP contribution in [0.3, 0.4) is 0 Å². The molecule has 1 aromatic carbocycles. The molecular formula is C12H10N2O4. The number of rotatable bonds is 3. The highest BCUT2D eigenvalue weighted by molar-refractivity contribution is 5.88. The standard InChI is InChI=1S/C12H10N2O4/c1-7-2-3-8(12(16)17)4-9(7)18-11-5-10(15)13-6-14-11/h2-6H,1H3,(H,16,17)(H,13,14,15). The van der Waals surface area contributed by atoms with E-state index in [0.29, 0.717) is 5.75 Å². The van der Waals surface area contributed by atoms with Crippen molar-refractivity contribution < 1.29 is 14.6 Å². The lowest BCUT2D eigenvalue weighted by molar-refractivity contribution is 0.0696. The quantitative estimate of drug-likeness (QED) is 0.857. The van der Waals surface area contributed by atoms with E-state index >= 15 is 0 Å². The van der Waals surface area contributed by atoms with Crippen LogP contribution in [-0.2, 0) is 0 Å². The molecule has 0 fully saturated rings. The molecule has 0 spiro atoms. The molecule has 0 atom stereocenters. The summed E-state index contributed by atoms with van der Waals surface area (Å²) < 4.78 is 5.39. The second-order valence-corrected chi connectivity index (χ2v) is 3.64. The van der Waals surface area contributed by atoms with E-state index in [1.54, 1.807) is 13.0 Å². The summed E-state index contributed by atoms with van der Waals surface area (Å²) in [6.07, 6.45) is 1.22. The van der Waals surface area contributed by atoms with Crippen LogP contribution >= 0.6 is 0 Å². The Morgan fingerprint density at radius 2 is 2.17 bits per heavy atom. The number of ether oxygens (including phenoxy) is 1. The Morgan fingerprint density at radius 3 is 2.83 bits per heavy atom. The molecule has 0 bridgehead atoms. The lowest BCUT2D eigenvalue weighted by Crippen LogP contribution is -2.05. The molecule has 2 rings (SSSR count). The van der Waals surface area contributed by atoms with Crippen LogP contribution in [0.5, 0.6) is 11.6 Å². The zero-order chi connectivity index (χ0) is 13.1. The minimum Gasteiger partial charge on any atom is -0.478 e. The average Bonchev–Trinajstić information content (AvgIpc) is 2.31. The molecule has 18 heavy (non-hydrogen) atoms. The minimum absolute atomic E-state index is 0.112. The van der Waals surface area contributed by atoms with E-state index in [1.165, 1.54) is 24.5 Å². The molecule has 92 valence electrons. The van der Waals surface area contributed by atoms with Gasteiger partial charge in [0.25, 0.3) is 5.56 Å². The molecule has 0 aliphatic heterocycles. The summed E-state index contributed by atoms with van der Waals surface area (Å²) in [4.78, 5) is 28.1. The van der Waals surface area contributed by atoms with Crippen LogP contribution in [0.1, 0.15) is 15.9 Å². The summed E-state index contributed by atoms with van der Waals surface area (Å²) in [5.74, 6) is -0.573.